The van der Waals surface area contributed by atoms with Crippen LogP contribution in [0.25, 0.3) is 22.0 Å². The summed E-state index contributed by atoms with van der Waals surface area (Å²) in [5, 5.41) is 1.07. The number of rotatable bonds is 3. The van der Waals surface area contributed by atoms with E-state index in [4.69, 9.17) is 0 Å². The topological polar surface area (TPSA) is 38.1 Å². The lowest BCUT2D eigenvalue weighted by Gasteiger charge is -2.33. The Hall–Kier alpha value is -2.72. The largest absolute Gasteiger partial charge is 0.315 e. The average molecular weight is 386 g/mol. The Labute approximate surface area is 171 Å². The Morgan fingerprint density at radius 3 is 2.97 bits per heavy atom. The van der Waals surface area contributed by atoms with E-state index in [-0.39, 0.29) is 5.56 Å². The van der Waals surface area contributed by atoms with E-state index in [1.165, 1.54) is 30.5 Å². The summed E-state index contributed by atoms with van der Waals surface area (Å²) in [7, 11) is 1.93. The van der Waals surface area contributed by atoms with Gasteiger partial charge in [0.25, 0.3) is 5.56 Å². The summed E-state index contributed by atoms with van der Waals surface area (Å²) in [5.41, 5.74) is 5.31. The van der Waals surface area contributed by atoms with Crippen molar-refractivity contribution in [2.45, 2.75) is 32.2 Å². The number of aromatic nitrogens is 2. The van der Waals surface area contributed by atoms with Crippen LogP contribution in [0, 0.1) is 5.92 Å². The minimum absolute atomic E-state index is 0.0952. The Bertz CT molecular complexity index is 1140. The van der Waals surface area contributed by atoms with Gasteiger partial charge in [-0.15, -0.1) is 0 Å². The van der Waals surface area contributed by atoms with E-state index < -0.39 is 0 Å². The minimum atomic E-state index is 0.0952. The number of benzene rings is 1. The van der Waals surface area contributed by atoms with Crippen LogP contribution < -0.4 is 5.56 Å². The monoisotopic (exact) mass is 385 g/mol. The van der Waals surface area contributed by atoms with Crippen molar-refractivity contribution in [3.8, 4) is 11.1 Å². The molecular weight excluding hydrogens is 358 g/mol. The normalized spacial score (nSPS) is 19.4. The summed E-state index contributed by atoms with van der Waals surface area (Å²) in [6.07, 6.45) is 11.1. The highest BCUT2D eigenvalue weighted by Gasteiger charge is 2.23. The Kier molecular flexibility index (Phi) is 4.80. The minimum Gasteiger partial charge on any atom is -0.315 e. The highest BCUT2D eigenvalue weighted by atomic mass is 16.1. The zero-order chi connectivity index (χ0) is 19.8. The smallest absolute Gasteiger partial charge is 0.258 e. The molecular formula is C25H27N3O. The summed E-state index contributed by atoms with van der Waals surface area (Å²) in [6.45, 7) is 3.14. The number of pyridine rings is 2. The van der Waals surface area contributed by atoms with Crippen LogP contribution in [0.1, 0.15) is 30.5 Å². The maximum absolute atomic E-state index is 13.1. The van der Waals surface area contributed by atoms with E-state index in [1.807, 2.05) is 29.8 Å². The van der Waals surface area contributed by atoms with Crippen molar-refractivity contribution in [2.24, 2.45) is 13.0 Å². The first-order valence-electron chi connectivity index (χ1n) is 10.6. The molecule has 4 heteroatoms. The van der Waals surface area contributed by atoms with Crippen LogP contribution in [-0.4, -0.2) is 27.5 Å². The van der Waals surface area contributed by atoms with Crippen LogP contribution in [0.15, 0.2) is 59.5 Å². The first-order valence-corrected chi connectivity index (χ1v) is 10.6. The number of fused-ring (bicyclic) bond motifs is 2. The molecule has 148 valence electrons. The van der Waals surface area contributed by atoms with Crippen molar-refractivity contribution in [3.05, 3.63) is 76.4 Å². The van der Waals surface area contributed by atoms with Crippen molar-refractivity contribution < 1.29 is 0 Å². The van der Waals surface area contributed by atoms with Gasteiger partial charge in [0.2, 0.25) is 0 Å². The van der Waals surface area contributed by atoms with E-state index in [0.717, 1.165) is 54.0 Å². The molecule has 0 amide bonds. The molecule has 1 unspecified atom stereocenters. The van der Waals surface area contributed by atoms with Crippen molar-refractivity contribution in [1.29, 1.82) is 0 Å². The molecule has 29 heavy (non-hydrogen) atoms. The second-order valence-electron chi connectivity index (χ2n) is 8.44. The highest BCUT2D eigenvalue weighted by molar-refractivity contribution is 5.84. The van der Waals surface area contributed by atoms with Crippen LogP contribution >= 0.6 is 0 Å². The molecule has 1 aliphatic heterocycles. The van der Waals surface area contributed by atoms with Gasteiger partial charge >= 0.3 is 0 Å². The second kappa shape index (κ2) is 7.60. The molecule has 2 aliphatic rings. The van der Waals surface area contributed by atoms with Crippen LogP contribution in [0.3, 0.4) is 0 Å². The van der Waals surface area contributed by atoms with Gasteiger partial charge in [-0.05, 0) is 60.6 Å². The van der Waals surface area contributed by atoms with E-state index in [1.54, 1.807) is 6.20 Å². The molecule has 1 aliphatic carbocycles. The molecule has 3 aromatic rings. The molecule has 1 aromatic carbocycles. The Morgan fingerprint density at radius 1 is 1.17 bits per heavy atom. The molecule has 3 heterocycles. The molecule has 0 bridgehead atoms. The van der Waals surface area contributed by atoms with Crippen LogP contribution in [0.4, 0.5) is 0 Å². The van der Waals surface area contributed by atoms with Crippen molar-refractivity contribution in [2.75, 3.05) is 13.1 Å². The lowest BCUT2D eigenvalue weighted by molar-refractivity contribution is 0.203. The molecule has 0 fully saturated rings. The van der Waals surface area contributed by atoms with Crippen molar-refractivity contribution in [1.82, 2.24) is 14.5 Å². The van der Waals surface area contributed by atoms with Crippen molar-refractivity contribution >= 4 is 10.9 Å². The zero-order valence-corrected chi connectivity index (χ0v) is 17.0. The van der Waals surface area contributed by atoms with Gasteiger partial charge in [0.05, 0.1) is 5.52 Å². The lowest BCUT2D eigenvalue weighted by atomic mass is 9.92. The van der Waals surface area contributed by atoms with Gasteiger partial charge in [0, 0.05) is 55.9 Å². The number of nitrogens with zero attached hydrogens (tertiary/aromatic N) is 3. The third kappa shape index (κ3) is 3.53. The highest BCUT2D eigenvalue weighted by Crippen LogP contribution is 2.27. The predicted molar refractivity (Wildman–Crippen MR) is 118 cm³/mol. The van der Waals surface area contributed by atoms with Crippen LogP contribution in [-0.2, 0) is 20.0 Å². The maximum atomic E-state index is 13.1. The second-order valence-corrected chi connectivity index (χ2v) is 8.44. The number of allylic oxidation sites excluding steroid dienone is 2. The molecule has 0 radical (unpaired) electrons. The van der Waals surface area contributed by atoms with E-state index >= 15 is 0 Å². The average Bonchev–Trinajstić information content (AvgIpc) is 2.76. The summed E-state index contributed by atoms with van der Waals surface area (Å²) in [4.78, 5) is 20.1. The van der Waals surface area contributed by atoms with Crippen LogP contribution in [0.2, 0.25) is 0 Å². The number of hydrogen-bond donors (Lipinski definition) is 0. The van der Waals surface area contributed by atoms with Gasteiger partial charge in [0.1, 0.15) is 0 Å². The molecule has 4 nitrogen and oxygen atoms in total. The van der Waals surface area contributed by atoms with Gasteiger partial charge in [0.15, 0.2) is 0 Å². The lowest BCUT2D eigenvalue weighted by Crippen LogP contribution is -2.38. The molecule has 2 aromatic heterocycles. The summed E-state index contributed by atoms with van der Waals surface area (Å²) < 4.78 is 1.87. The van der Waals surface area contributed by atoms with Gasteiger partial charge in [-0.2, -0.15) is 0 Å². The van der Waals surface area contributed by atoms with Gasteiger partial charge in [-0.25, -0.2) is 0 Å². The molecule has 0 spiro atoms. The molecule has 5 rings (SSSR count). The van der Waals surface area contributed by atoms with Crippen molar-refractivity contribution in [3.63, 3.8) is 0 Å². The van der Waals surface area contributed by atoms with E-state index in [2.05, 4.69) is 40.2 Å². The quantitative estimate of drug-likeness (QED) is 0.631. The first-order chi connectivity index (χ1) is 14.2. The first kappa shape index (κ1) is 18.3. The number of hydrogen-bond acceptors (Lipinski definition) is 3. The fourth-order valence-electron chi connectivity index (χ4n) is 4.88. The summed E-state index contributed by atoms with van der Waals surface area (Å²) in [5.74, 6) is 0.765. The summed E-state index contributed by atoms with van der Waals surface area (Å²) >= 11 is 0. The van der Waals surface area contributed by atoms with Crippen LogP contribution in [0.5, 0.6) is 0 Å². The standard InChI is InChI=1S/C25H27N3O/c1-27-24-11-13-28(16-18-6-3-2-4-7-18)17-21(24)15-22(25(27)29)19-9-10-23-20(14-19)8-5-12-26-23/h2-3,5,8-10,12,14-15,18H,4,6-7,11,13,16-17H2,1H3. The van der Waals surface area contributed by atoms with Gasteiger partial charge in [-0.1, -0.05) is 24.3 Å². The fraction of sp³-hybridized carbons (Fsp3) is 0.360. The van der Waals surface area contributed by atoms with E-state index in [9.17, 15) is 4.79 Å². The predicted octanol–water partition coefficient (Wildman–Crippen LogP) is 4.31. The zero-order valence-electron chi connectivity index (χ0n) is 17.0. The third-order valence-corrected chi connectivity index (χ3v) is 6.50. The molecule has 0 N–H and O–H groups in total. The fourth-order valence-corrected chi connectivity index (χ4v) is 4.88. The maximum Gasteiger partial charge on any atom is 0.258 e. The Morgan fingerprint density at radius 2 is 2.10 bits per heavy atom. The summed E-state index contributed by atoms with van der Waals surface area (Å²) in [6, 6.07) is 12.2. The van der Waals surface area contributed by atoms with Gasteiger partial charge < -0.3 is 4.57 Å². The molecule has 0 saturated carbocycles. The van der Waals surface area contributed by atoms with Gasteiger partial charge in [-0.3, -0.25) is 14.7 Å². The van der Waals surface area contributed by atoms with E-state index in [0.29, 0.717) is 0 Å². The third-order valence-electron chi connectivity index (χ3n) is 6.50. The molecule has 1 atom stereocenters. The molecule has 0 saturated heterocycles. The Balaban J connectivity index is 1.48. The SMILES string of the molecule is Cn1c2c(cc(-c3ccc4ncccc4c3)c1=O)CN(CC1CC=CCC1)CC2.